The number of halogens is 1. The highest BCUT2D eigenvalue weighted by Gasteiger charge is 2.25. The van der Waals surface area contributed by atoms with E-state index in [1.165, 1.54) is 0 Å². The topological polar surface area (TPSA) is 75.6 Å². The molecule has 6 heteroatoms. The predicted octanol–water partition coefficient (Wildman–Crippen LogP) is 2.87. The van der Waals surface area contributed by atoms with Gasteiger partial charge < -0.3 is 15.2 Å². The molecule has 0 radical (unpaired) electrons. The Morgan fingerprint density at radius 3 is 2.52 bits per heavy atom. The van der Waals surface area contributed by atoms with Crippen molar-refractivity contribution >= 4 is 23.5 Å². The fourth-order valence-electron chi connectivity index (χ4n) is 1.83. The maximum atomic E-state index is 12.1. The summed E-state index contributed by atoms with van der Waals surface area (Å²) in [5.74, 6) is -1.08. The molecular formula is C15H20ClNO4. The Labute approximate surface area is 129 Å². The number of carboxylic acids is 1. The molecule has 0 aliphatic rings. The summed E-state index contributed by atoms with van der Waals surface area (Å²) in [6, 6.07) is 5.95. The minimum Gasteiger partial charge on any atom is -0.480 e. The Balaban J connectivity index is 2.73. The van der Waals surface area contributed by atoms with Gasteiger partial charge in [0.25, 0.3) is 5.91 Å². The van der Waals surface area contributed by atoms with Gasteiger partial charge in [-0.25, -0.2) is 4.79 Å². The SMILES string of the molecule is CCCC(NC(=O)C(CC)Oc1ccccc1Cl)C(=O)O. The molecule has 1 aromatic carbocycles. The van der Waals surface area contributed by atoms with Crippen LogP contribution in [0.4, 0.5) is 0 Å². The number of carbonyl (C=O) groups excluding carboxylic acids is 1. The Morgan fingerprint density at radius 2 is 2.00 bits per heavy atom. The van der Waals surface area contributed by atoms with E-state index in [0.29, 0.717) is 30.0 Å². The van der Waals surface area contributed by atoms with Crippen LogP contribution in [-0.2, 0) is 9.59 Å². The summed E-state index contributed by atoms with van der Waals surface area (Å²) < 4.78 is 5.58. The molecule has 21 heavy (non-hydrogen) atoms. The smallest absolute Gasteiger partial charge is 0.326 e. The highest BCUT2D eigenvalue weighted by molar-refractivity contribution is 6.32. The number of hydrogen-bond donors (Lipinski definition) is 2. The Hall–Kier alpha value is -1.75. The molecule has 1 aromatic rings. The zero-order chi connectivity index (χ0) is 15.8. The molecule has 1 rings (SSSR count). The van der Waals surface area contributed by atoms with Crippen molar-refractivity contribution < 1.29 is 19.4 Å². The number of para-hydroxylation sites is 1. The number of ether oxygens (including phenoxy) is 1. The van der Waals surface area contributed by atoms with Crippen LogP contribution >= 0.6 is 11.6 Å². The van der Waals surface area contributed by atoms with Crippen LogP contribution in [0.25, 0.3) is 0 Å². The molecule has 5 nitrogen and oxygen atoms in total. The number of hydrogen-bond acceptors (Lipinski definition) is 3. The average Bonchev–Trinajstić information content (AvgIpc) is 2.45. The first-order chi connectivity index (χ1) is 9.99. The van der Waals surface area contributed by atoms with E-state index in [1.807, 2.05) is 6.92 Å². The van der Waals surface area contributed by atoms with Gasteiger partial charge >= 0.3 is 5.97 Å². The first-order valence-corrected chi connectivity index (χ1v) is 7.31. The lowest BCUT2D eigenvalue weighted by Gasteiger charge is -2.20. The van der Waals surface area contributed by atoms with Gasteiger partial charge in [-0.2, -0.15) is 0 Å². The molecule has 0 heterocycles. The normalized spacial score (nSPS) is 13.3. The summed E-state index contributed by atoms with van der Waals surface area (Å²) in [7, 11) is 0. The van der Waals surface area contributed by atoms with Gasteiger partial charge in [-0.15, -0.1) is 0 Å². The third-order valence-corrected chi connectivity index (χ3v) is 3.27. The van der Waals surface area contributed by atoms with Gasteiger partial charge in [0.05, 0.1) is 5.02 Å². The highest BCUT2D eigenvalue weighted by atomic mass is 35.5. The summed E-state index contributed by atoms with van der Waals surface area (Å²) in [6.07, 6.45) is 0.682. The summed E-state index contributed by atoms with van der Waals surface area (Å²) >= 11 is 5.99. The molecule has 0 saturated heterocycles. The number of carboxylic acid groups (broad SMARTS) is 1. The van der Waals surface area contributed by atoms with Crippen molar-refractivity contribution in [3.05, 3.63) is 29.3 Å². The largest absolute Gasteiger partial charge is 0.480 e. The quantitative estimate of drug-likeness (QED) is 0.774. The van der Waals surface area contributed by atoms with Crippen molar-refractivity contribution in [2.24, 2.45) is 0 Å². The first-order valence-electron chi connectivity index (χ1n) is 6.93. The minimum absolute atomic E-state index is 0.379. The van der Waals surface area contributed by atoms with Crippen LogP contribution in [0.2, 0.25) is 5.02 Å². The molecule has 2 atom stereocenters. The molecule has 2 N–H and O–H groups in total. The van der Waals surface area contributed by atoms with E-state index in [4.69, 9.17) is 21.4 Å². The maximum absolute atomic E-state index is 12.1. The van der Waals surface area contributed by atoms with Crippen LogP contribution < -0.4 is 10.1 Å². The van der Waals surface area contributed by atoms with Crippen molar-refractivity contribution in [1.29, 1.82) is 0 Å². The van der Waals surface area contributed by atoms with E-state index < -0.39 is 24.0 Å². The summed E-state index contributed by atoms with van der Waals surface area (Å²) in [5, 5.41) is 12.0. The number of rotatable bonds is 8. The van der Waals surface area contributed by atoms with Crippen LogP contribution in [0, 0.1) is 0 Å². The van der Waals surface area contributed by atoms with Crippen molar-refractivity contribution in [3.63, 3.8) is 0 Å². The third kappa shape index (κ3) is 5.27. The number of aliphatic carboxylic acids is 1. The molecule has 1 amide bonds. The zero-order valence-corrected chi connectivity index (χ0v) is 12.9. The summed E-state index contributed by atoms with van der Waals surface area (Å²) in [4.78, 5) is 23.2. The number of carbonyl (C=O) groups is 2. The van der Waals surface area contributed by atoms with Crippen molar-refractivity contribution in [3.8, 4) is 5.75 Å². The Morgan fingerprint density at radius 1 is 1.33 bits per heavy atom. The monoisotopic (exact) mass is 313 g/mol. The van der Waals surface area contributed by atoms with Crippen LogP contribution in [0.5, 0.6) is 5.75 Å². The molecule has 0 spiro atoms. The molecule has 0 fully saturated rings. The van der Waals surface area contributed by atoms with E-state index in [2.05, 4.69) is 5.32 Å². The van der Waals surface area contributed by atoms with Crippen LogP contribution in [0.3, 0.4) is 0 Å². The summed E-state index contributed by atoms with van der Waals surface area (Å²) in [5.41, 5.74) is 0. The fourth-order valence-corrected chi connectivity index (χ4v) is 2.01. The third-order valence-electron chi connectivity index (χ3n) is 2.96. The molecule has 0 saturated carbocycles. The second-order valence-corrected chi connectivity index (χ2v) is 5.04. The molecule has 116 valence electrons. The fraction of sp³-hybridized carbons (Fsp3) is 0.467. The van der Waals surface area contributed by atoms with Gasteiger partial charge in [0.2, 0.25) is 0 Å². The Kier molecular flexibility index (Phi) is 7.02. The van der Waals surface area contributed by atoms with Gasteiger partial charge in [0, 0.05) is 0 Å². The van der Waals surface area contributed by atoms with Crippen molar-refractivity contribution in [1.82, 2.24) is 5.32 Å². The van der Waals surface area contributed by atoms with E-state index in [-0.39, 0.29) is 0 Å². The van der Waals surface area contributed by atoms with Gasteiger partial charge in [-0.3, -0.25) is 4.79 Å². The predicted molar refractivity (Wildman–Crippen MR) is 80.6 cm³/mol. The van der Waals surface area contributed by atoms with E-state index in [1.54, 1.807) is 31.2 Å². The Bertz CT molecular complexity index is 492. The standard InChI is InChI=1S/C15H20ClNO4/c1-3-7-11(15(19)20)17-14(18)12(4-2)21-13-9-6-5-8-10(13)16/h5-6,8-9,11-12H,3-4,7H2,1-2H3,(H,17,18)(H,19,20). The van der Waals surface area contributed by atoms with Gasteiger partial charge in [-0.1, -0.05) is 44.0 Å². The molecule has 2 unspecified atom stereocenters. The van der Waals surface area contributed by atoms with Crippen molar-refractivity contribution in [2.75, 3.05) is 0 Å². The lowest BCUT2D eigenvalue weighted by molar-refractivity contribution is -0.143. The average molecular weight is 314 g/mol. The maximum Gasteiger partial charge on any atom is 0.326 e. The first kappa shape index (κ1) is 17.3. The van der Waals surface area contributed by atoms with Crippen LogP contribution in [-0.4, -0.2) is 29.1 Å². The van der Waals surface area contributed by atoms with E-state index >= 15 is 0 Å². The van der Waals surface area contributed by atoms with Gasteiger partial charge in [0.1, 0.15) is 11.8 Å². The second kappa shape index (κ2) is 8.52. The minimum atomic E-state index is -1.04. The van der Waals surface area contributed by atoms with E-state index in [9.17, 15) is 9.59 Å². The molecule has 0 aromatic heterocycles. The van der Waals surface area contributed by atoms with Gasteiger partial charge in [-0.05, 0) is 25.0 Å². The molecule has 0 bridgehead atoms. The van der Waals surface area contributed by atoms with Crippen LogP contribution in [0.1, 0.15) is 33.1 Å². The highest BCUT2D eigenvalue weighted by Crippen LogP contribution is 2.24. The zero-order valence-electron chi connectivity index (χ0n) is 12.1. The second-order valence-electron chi connectivity index (χ2n) is 4.63. The molecular weight excluding hydrogens is 294 g/mol. The van der Waals surface area contributed by atoms with Crippen molar-refractivity contribution in [2.45, 2.75) is 45.3 Å². The number of benzene rings is 1. The lowest BCUT2D eigenvalue weighted by atomic mass is 10.1. The number of nitrogens with one attached hydrogen (secondary N) is 1. The lowest BCUT2D eigenvalue weighted by Crippen LogP contribution is -2.47. The van der Waals surface area contributed by atoms with Gasteiger partial charge in [0.15, 0.2) is 6.10 Å². The van der Waals surface area contributed by atoms with E-state index in [0.717, 1.165) is 0 Å². The number of amides is 1. The van der Waals surface area contributed by atoms with Crippen LogP contribution in [0.15, 0.2) is 24.3 Å². The summed E-state index contributed by atoms with van der Waals surface area (Å²) in [6.45, 7) is 3.65. The molecule has 0 aliphatic heterocycles. The molecule has 0 aliphatic carbocycles.